The van der Waals surface area contributed by atoms with E-state index in [-0.39, 0.29) is 23.5 Å². The minimum absolute atomic E-state index is 0.176. The lowest BCUT2D eigenvalue weighted by molar-refractivity contribution is -0.137. The van der Waals surface area contributed by atoms with Crippen molar-refractivity contribution in [2.75, 3.05) is 35.8 Å². The highest BCUT2D eigenvalue weighted by atomic mass is 32.2. The van der Waals surface area contributed by atoms with Crippen molar-refractivity contribution >= 4 is 38.1 Å². The van der Waals surface area contributed by atoms with Crippen molar-refractivity contribution in [3.05, 3.63) is 89.6 Å². The molecule has 1 N–H and O–H groups in total. The summed E-state index contributed by atoms with van der Waals surface area (Å²) in [4.78, 5) is 25.1. The van der Waals surface area contributed by atoms with Gasteiger partial charge in [0.05, 0.1) is 22.5 Å². The Bertz CT molecular complexity index is 1570. The molecule has 0 radical (unpaired) electrons. The Kier molecular flexibility index (Phi) is 7.28. The highest BCUT2D eigenvalue weighted by molar-refractivity contribution is 7.92. The Morgan fingerprint density at radius 3 is 2.38 bits per heavy atom. The Morgan fingerprint density at radius 2 is 1.72 bits per heavy atom. The van der Waals surface area contributed by atoms with Crippen LogP contribution in [0.5, 0.6) is 0 Å². The predicted octanol–water partition coefficient (Wildman–Crippen LogP) is 4.99. The molecule has 0 aliphatic carbocycles. The van der Waals surface area contributed by atoms with E-state index in [0.717, 1.165) is 34.7 Å². The molecule has 13 heteroatoms. The number of piperazine rings is 1. The number of benzene rings is 2. The number of sulfonamides is 1. The van der Waals surface area contributed by atoms with Crippen LogP contribution in [0.3, 0.4) is 0 Å². The Hall–Kier alpha value is -3.97. The van der Waals surface area contributed by atoms with Gasteiger partial charge in [0, 0.05) is 49.5 Å². The summed E-state index contributed by atoms with van der Waals surface area (Å²) in [6, 6.07) is 14.8. The van der Waals surface area contributed by atoms with E-state index in [4.69, 9.17) is 4.98 Å². The molecule has 0 atom stereocenters. The first-order valence-electron chi connectivity index (χ1n) is 11.8. The Morgan fingerprint density at radius 1 is 0.974 bits per heavy atom. The predicted molar refractivity (Wildman–Crippen MR) is 142 cm³/mol. The van der Waals surface area contributed by atoms with Crippen LogP contribution in [0.25, 0.3) is 11.3 Å². The number of amides is 1. The van der Waals surface area contributed by atoms with Crippen LogP contribution in [-0.2, 0) is 16.2 Å². The lowest BCUT2D eigenvalue weighted by Crippen LogP contribution is -2.49. The van der Waals surface area contributed by atoms with Gasteiger partial charge >= 0.3 is 6.18 Å². The number of thiazole rings is 1. The molecule has 1 aliphatic rings. The highest BCUT2D eigenvalue weighted by Crippen LogP contribution is 2.34. The van der Waals surface area contributed by atoms with Gasteiger partial charge in [-0.3, -0.25) is 14.5 Å². The molecule has 1 aliphatic heterocycles. The van der Waals surface area contributed by atoms with Crippen molar-refractivity contribution in [1.82, 2.24) is 14.9 Å². The minimum atomic E-state index is -4.73. The molecular formula is C26H22F3N5O3S2. The van der Waals surface area contributed by atoms with E-state index in [1.165, 1.54) is 34.6 Å². The van der Waals surface area contributed by atoms with Gasteiger partial charge in [0.2, 0.25) is 0 Å². The van der Waals surface area contributed by atoms with Gasteiger partial charge in [0.25, 0.3) is 15.9 Å². The number of hydrogen-bond acceptors (Lipinski definition) is 7. The molecule has 2 aromatic heterocycles. The second kappa shape index (κ2) is 10.7. The summed E-state index contributed by atoms with van der Waals surface area (Å²) >= 11 is 1.49. The number of alkyl halides is 3. The number of nitrogens with zero attached hydrogens (tertiary/aromatic N) is 4. The fourth-order valence-corrected chi connectivity index (χ4v) is 6.05. The summed E-state index contributed by atoms with van der Waals surface area (Å²) in [5, 5.41) is 2.77. The molecule has 4 aromatic rings. The van der Waals surface area contributed by atoms with Crippen LogP contribution >= 0.6 is 11.3 Å². The van der Waals surface area contributed by atoms with Crippen LogP contribution in [0.15, 0.2) is 83.3 Å². The average molecular weight is 574 g/mol. The number of halogens is 3. The van der Waals surface area contributed by atoms with Crippen LogP contribution in [-0.4, -0.2) is 55.4 Å². The molecule has 1 saturated heterocycles. The Balaban J connectivity index is 1.35. The summed E-state index contributed by atoms with van der Waals surface area (Å²) in [5.74, 6) is -0.573. The zero-order valence-electron chi connectivity index (χ0n) is 20.3. The smallest absolute Gasteiger partial charge is 0.345 e. The third kappa shape index (κ3) is 5.88. The van der Waals surface area contributed by atoms with Crippen molar-refractivity contribution < 1.29 is 26.4 Å². The maximum Gasteiger partial charge on any atom is 0.416 e. The number of carbonyl (C=O) groups excluding carboxylic acids is 1. The number of aromatic nitrogens is 2. The summed E-state index contributed by atoms with van der Waals surface area (Å²) in [6.07, 6.45) is -2.29. The van der Waals surface area contributed by atoms with E-state index < -0.39 is 33.4 Å². The molecule has 1 amide bonds. The Labute approximate surface area is 226 Å². The summed E-state index contributed by atoms with van der Waals surface area (Å²) in [7, 11) is -4.29. The number of rotatable bonds is 6. The number of nitrogens with one attached hydrogen (secondary N) is 1. The van der Waals surface area contributed by atoms with Gasteiger partial charge in [-0.2, -0.15) is 13.2 Å². The number of hydrogen-bond donors (Lipinski definition) is 1. The molecule has 3 heterocycles. The summed E-state index contributed by atoms with van der Waals surface area (Å²) < 4.78 is 68.1. The molecule has 8 nitrogen and oxygen atoms in total. The zero-order chi connectivity index (χ0) is 27.6. The molecule has 39 heavy (non-hydrogen) atoms. The van der Waals surface area contributed by atoms with Crippen LogP contribution in [0.4, 0.5) is 24.0 Å². The van der Waals surface area contributed by atoms with E-state index in [9.17, 15) is 26.4 Å². The van der Waals surface area contributed by atoms with Crippen molar-refractivity contribution in [2.45, 2.75) is 11.1 Å². The molecule has 0 unspecified atom stereocenters. The van der Waals surface area contributed by atoms with E-state index in [2.05, 4.69) is 9.71 Å². The molecule has 0 spiro atoms. The number of anilines is 2. The molecule has 0 saturated carbocycles. The minimum Gasteiger partial charge on any atom is -0.345 e. The van der Waals surface area contributed by atoms with Crippen molar-refractivity contribution in [2.24, 2.45) is 0 Å². The van der Waals surface area contributed by atoms with Gasteiger partial charge in [-0.1, -0.05) is 30.3 Å². The largest absolute Gasteiger partial charge is 0.416 e. The van der Waals surface area contributed by atoms with E-state index in [0.29, 0.717) is 19.2 Å². The van der Waals surface area contributed by atoms with Crippen molar-refractivity contribution in [3.8, 4) is 11.3 Å². The maximum atomic E-state index is 13.4. The SMILES string of the molecule is O=C(c1ccc(C(F)(F)F)cc1NS(=O)(=O)c1cccnc1)N1CCN(c2nc(-c3ccccc3)cs2)CC1. The number of carbonyl (C=O) groups is 1. The quantitative estimate of drug-likeness (QED) is 0.349. The fraction of sp³-hybridized carbons (Fsp3) is 0.192. The standard InChI is InChI=1S/C26H22F3N5O3S2/c27-26(28,29)19-8-9-21(22(15-19)32-39(36,37)20-7-4-10-30-16-20)24(35)33-11-13-34(14-12-33)25-31-23(17-38-25)18-5-2-1-3-6-18/h1-10,15-17,32H,11-14H2. The first-order chi connectivity index (χ1) is 18.6. The van der Waals surface area contributed by atoms with Gasteiger partial charge < -0.3 is 9.80 Å². The topological polar surface area (TPSA) is 95.5 Å². The monoisotopic (exact) mass is 573 g/mol. The highest BCUT2D eigenvalue weighted by Gasteiger charge is 2.33. The fourth-order valence-electron chi connectivity index (χ4n) is 4.12. The van der Waals surface area contributed by atoms with Crippen LogP contribution in [0.1, 0.15) is 15.9 Å². The molecular weight excluding hydrogens is 551 g/mol. The van der Waals surface area contributed by atoms with Gasteiger partial charge in [-0.05, 0) is 30.3 Å². The van der Waals surface area contributed by atoms with Crippen LogP contribution in [0.2, 0.25) is 0 Å². The third-order valence-corrected chi connectivity index (χ3v) is 8.42. The molecule has 202 valence electrons. The molecule has 1 fully saturated rings. The van der Waals surface area contributed by atoms with Gasteiger partial charge in [0.1, 0.15) is 4.90 Å². The van der Waals surface area contributed by atoms with Crippen LogP contribution < -0.4 is 9.62 Å². The lowest BCUT2D eigenvalue weighted by Gasteiger charge is -2.35. The normalized spacial score (nSPS) is 14.3. The van der Waals surface area contributed by atoms with Gasteiger partial charge in [0.15, 0.2) is 5.13 Å². The average Bonchev–Trinajstić information content (AvgIpc) is 3.44. The maximum absolute atomic E-state index is 13.4. The third-order valence-electron chi connectivity index (χ3n) is 6.17. The first kappa shape index (κ1) is 26.6. The van der Waals surface area contributed by atoms with Crippen LogP contribution in [0, 0.1) is 0 Å². The second-order valence-corrected chi connectivity index (χ2v) is 11.2. The van der Waals surface area contributed by atoms with E-state index >= 15 is 0 Å². The van der Waals surface area contributed by atoms with E-state index in [1.54, 1.807) is 0 Å². The summed E-state index contributed by atoms with van der Waals surface area (Å²) in [5.41, 5.74) is 0.144. The number of pyridine rings is 1. The first-order valence-corrected chi connectivity index (χ1v) is 14.2. The molecule has 2 aromatic carbocycles. The second-order valence-electron chi connectivity index (χ2n) is 8.71. The lowest BCUT2D eigenvalue weighted by atomic mass is 10.1. The van der Waals surface area contributed by atoms with Crippen molar-refractivity contribution in [3.63, 3.8) is 0 Å². The van der Waals surface area contributed by atoms with Gasteiger partial charge in [-0.25, -0.2) is 13.4 Å². The van der Waals surface area contributed by atoms with Gasteiger partial charge in [-0.15, -0.1) is 11.3 Å². The zero-order valence-corrected chi connectivity index (χ0v) is 21.9. The molecule has 0 bridgehead atoms. The van der Waals surface area contributed by atoms with Crippen molar-refractivity contribution in [1.29, 1.82) is 0 Å². The molecule has 5 rings (SSSR count). The summed E-state index contributed by atoms with van der Waals surface area (Å²) in [6.45, 7) is 1.50. The van der Waals surface area contributed by atoms with E-state index in [1.807, 2.05) is 40.6 Å².